The highest BCUT2D eigenvalue weighted by Crippen LogP contribution is 2.28. The largest absolute Gasteiger partial charge is 0.392 e. The molecule has 1 N–H and O–H groups in total. The predicted octanol–water partition coefficient (Wildman–Crippen LogP) is 1.67. The zero-order chi connectivity index (χ0) is 15.7. The van der Waals surface area contributed by atoms with E-state index in [0.29, 0.717) is 28.5 Å². The van der Waals surface area contributed by atoms with Crippen LogP contribution in [0.3, 0.4) is 0 Å². The van der Waals surface area contributed by atoms with E-state index >= 15 is 0 Å². The van der Waals surface area contributed by atoms with Crippen LogP contribution in [-0.2, 0) is 10.0 Å². The SMILES string of the molecule is O=S(=O)(c1ccccc1Br)N1CCC(N2CC[C@H](O)C2)CC1. The van der Waals surface area contributed by atoms with Crippen molar-refractivity contribution in [3.05, 3.63) is 28.7 Å². The van der Waals surface area contributed by atoms with E-state index in [1.54, 1.807) is 22.5 Å². The molecule has 1 atom stereocenters. The molecule has 22 heavy (non-hydrogen) atoms. The van der Waals surface area contributed by atoms with E-state index in [9.17, 15) is 13.5 Å². The Bertz CT molecular complexity index is 629. The van der Waals surface area contributed by atoms with Gasteiger partial charge in [-0.05, 0) is 47.3 Å². The minimum atomic E-state index is -3.43. The molecular weight excluding hydrogens is 368 g/mol. The van der Waals surface area contributed by atoms with Crippen molar-refractivity contribution in [2.45, 2.75) is 36.3 Å². The van der Waals surface area contributed by atoms with Gasteiger partial charge < -0.3 is 5.11 Å². The van der Waals surface area contributed by atoms with Gasteiger partial charge in [0.05, 0.1) is 11.0 Å². The molecule has 0 aromatic heterocycles. The van der Waals surface area contributed by atoms with Crippen molar-refractivity contribution in [1.82, 2.24) is 9.21 Å². The highest BCUT2D eigenvalue weighted by Gasteiger charge is 2.34. The van der Waals surface area contributed by atoms with Crippen LogP contribution in [0.25, 0.3) is 0 Å². The molecule has 0 radical (unpaired) electrons. The number of benzene rings is 1. The molecule has 2 fully saturated rings. The van der Waals surface area contributed by atoms with Crippen LogP contribution in [0.2, 0.25) is 0 Å². The summed E-state index contributed by atoms with van der Waals surface area (Å²) < 4.78 is 27.7. The summed E-state index contributed by atoms with van der Waals surface area (Å²) in [6.07, 6.45) is 2.27. The van der Waals surface area contributed by atoms with Gasteiger partial charge in [0.15, 0.2) is 0 Å². The zero-order valence-corrected chi connectivity index (χ0v) is 14.8. The molecular formula is C15H21BrN2O3S. The molecule has 0 bridgehead atoms. The Morgan fingerprint density at radius 3 is 2.36 bits per heavy atom. The number of likely N-dealkylation sites (tertiary alicyclic amines) is 1. The summed E-state index contributed by atoms with van der Waals surface area (Å²) in [5.41, 5.74) is 0. The highest BCUT2D eigenvalue weighted by molar-refractivity contribution is 9.10. The van der Waals surface area contributed by atoms with Gasteiger partial charge in [-0.25, -0.2) is 8.42 Å². The Morgan fingerprint density at radius 2 is 1.77 bits per heavy atom. The second-order valence-corrected chi connectivity index (χ2v) is 8.76. The summed E-state index contributed by atoms with van der Waals surface area (Å²) in [5, 5.41) is 9.64. The molecule has 3 rings (SSSR count). The van der Waals surface area contributed by atoms with Gasteiger partial charge in [0.2, 0.25) is 10.0 Å². The Kier molecular flexibility index (Phi) is 4.89. The fourth-order valence-corrected chi connectivity index (χ4v) is 5.77. The first-order valence-corrected chi connectivity index (χ1v) is 9.88. The van der Waals surface area contributed by atoms with Gasteiger partial charge in [-0.1, -0.05) is 12.1 Å². The van der Waals surface area contributed by atoms with Crippen molar-refractivity contribution >= 4 is 26.0 Å². The van der Waals surface area contributed by atoms with E-state index in [0.717, 1.165) is 32.4 Å². The number of sulfonamides is 1. The molecule has 1 aromatic carbocycles. The number of nitrogens with zero attached hydrogens (tertiary/aromatic N) is 2. The molecule has 0 spiro atoms. The van der Waals surface area contributed by atoms with Gasteiger partial charge in [0, 0.05) is 36.7 Å². The predicted molar refractivity (Wildman–Crippen MR) is 88.1 cm³/mol. The minimum absolute atomic E-state index is 0.220. The minimum Gasteiger partial charge on any atom is -0.392 e. The van der Waals surface area contributed by atoms with Gasteiger partial charge in [0.25, 0.3) is 0 Å². The maximum Gasteiger partial charge on any atom is 0.244 e. The quantitative estimate of drug-likeness (QED) is 0.855. The zero-order valence-electron chi connectivity index (χ0n) is 12.4. The summed E-state index contributed by atoms with van der Waals surface area (Å²) in [6.45, 7) is 2.73. The topological polar surface area (TPSA) is 60.9 Å². The average molecular weight is 389 g/mol. The lowest BCUT2D eigenvalue weighted by molar-refractivity contribution is 0.132. The lowest BCUT2D eigenvalue weighted by atomic mass is 10.1. The second kappa shape index (κ2) is 6.57. The molecule has 2 aliphatic rings. The molecule has 2 aliphatic heterocycles. The third-order valence-corrected chi connectivity index (χ3v) is 7.50. The van der Waals surface area contributed by atoms with Crippen LogP contribution in [0.1, 0.15) is 19.3 Å². The van der Waals surface area contributed by atoms with E-state index in [2.05, 4.69) is 20.8 Å². The van der Waals surface area contributed by atoms with Crippen LogP contribution in [0.4, 0.5) is 0 Å². The smallest absolute Gasteiger partial charge is 0.244 e. The maximum atomic E-state index is 12.7. The molecule has 5 nitrogen and oxygen atoms in total. The summed E-state index contributed by atoms with van der Waals surface area (Å²) in [6, 6.07) is 7.35. The van der Waals surface area contributed by atoms with E-state index in [1.807, 2.05) is 6.07 Å². The molecule has 0 amide bonds. The van der Waals surface area contributed by atoms with Crippen LogP contribution in [0.5, 0.6) is 0 Å². The summed E-state index contributed by atoms with van der Waals surface area (Å²) in [5.74, 6) is 0. The fourth-order valence-electron chi connectivity index (χ4n) is 3.34. The molecule has 2 saturated heterocycles. The van der Waals surface area contributed by atoms with Gasteiger partial charge in [0.1, 0.15) is 0 Å². The molecule has 1 aromatic rings. The van der Waals surface area contributed by atoms with Gasteiger partial charge in [-0.2, -0.15) is 4.31 Å². The van der Waals surface area contributed by atoms with Crippen molar-refractivity contribution in [2.24, 2.45) is 0 Å². The van der Waals surface area contributed by atoms with Gasteiger partial charge in [-0.15, -0.1) is 0 Å². The van der Waals surface area contributed by atoms with E-state index in [-0.39, 0.29) is 6.10 Å². The molecule has 2 heterocycles. The van der Waals surface area contributed by atoms with E-state index < -0.39 is 10.0 Å². The standard InChI is InChI=1S/C15H21BrN2O3S/c16-14-3-1-2-4-15(14)22(20,21)18-9-5-12(6-10-18)17-8-7-13(19)11-17/h1-4,12-13,19H,5-11H2/t13-/m0/s1. The van der Waals surface area contributed by atoms with Crippen LogP contribution in [0.15, 0.2) is 33.6 Å². The summed E-state index contributed by atoms with van der Waals surface area (Å²) >= 11 is 3.33. The van der Waals surface area contributed by atoms with Crippen LogP contribution in [-0.4, -0.2) is 61.1 Å². The van der Waals surface area contributed by atoms with Crippen LogP contribution < -0.4 is 0 Å². The third kappa shape index (κ3) is 3.23. The molecule has 122 valence electrons. The summed E-state index contributed by atoms with van der Waals surface area (Å²) in [4.78, 5) is 2.64. The Morgan fingerprint density at radius 1 is 1.09 bits per heavy atom. The van der Waals surface area contributed by atoms with E-state index in [1.165, 1.54) is 0 Å². The second-order valence-electron chi connectivity index (χ2n) is 6.00. The maximum absolute atomic E-state index is 12.7. The normalized spacial score (nSPS) is 25.6. The molecule has 7 heteroatoms. The van der Waals surface area contributed by atoms with Crippen molar-refractivity contribution in [2.75, 3.05) is 26.2 Å². The number of hydrogen-bond donors (Lipinski definition) is 1. The molecule has 0 aliphatic carbocycles. The third-order valence-electron chi connectivity index (χ3n) is 4.59. The van der Waals surface area contributed by atoms with Gasteiger partial charge in [-0.3, -0.25) is 4.90 Å². The van der Waals surface area contributed by atoms with Crippen molar-refractivity contribution in [3.63, 3.8) is 0 Å². The molecule has 0 unspecified atom stereocenters. The number of rotatable bonds is 3. The number of aliphatic hydroxyl groups excluding tert-OH is 1. The number of β-amino-alcohol motifs (C(OH)–C–C–N with tert-alkyl or cyclic N) is 1. The van der Waals surface area contributed by atoms with E-state index in [4.69, 9.17) is 0 Å². The number of hydrogen-bond acceptors (Lipinski definition) is 4. The molecule has 0 saturated carbocycles. The van der Waals surface area contributed by atoms with Crippen molar-refractivity contribution in [1.29, 1.82) is 0 Å². The van der Waals surface area contributed by atoms with Crippen molar-refractivity contribution < 1.29 is 13.5 Å². The average Bonchev–Trinajstić information content (AvgIpc) is 2.94. The Hall–Kier alpha value is -0.470. The Balaban J connectivity index is 1.67. The number of aliphatic hydroxyl groups is 1. The first kappa shape index (κ1) is 16.4. The lowest BCUT2D eigenvalue weighted by Crippen LogP contribution is -2.46. The first-order valence-electron chi connectivity index (χ1n) is 7.65. The van der Waals surface area contributed by atoms with Crippen LogP contribution in [0, 0.1) is 0 Å². The number of halogens is 1. The van der Waals surface area contributed by atoms with Gasteiger partial charge >= 0.3 is 0 Å². The van der Waals surface area contributed by atoms with Crippen LogP contribution >= 0.6 is 15.9 Å². The van der Waals surface area contributed by atoms with Crippen molar-refractivity contribution in [3.8, 4) is 0 Å². The first-order chi connectivity index (χ1) is 10.5. The Labute approximate surface area is 140 Å². The number of piperidine rings is 1. The highest BCUT2D eigenvalue weighted by atomic mass is 79.9. The fraction of sp³-hybridized carbons (Fsp3) is 0.600. The monoisotopic (exact) mass is 388 g/mol. The lowest BCUT2D eigenvalue weighted by Gasteiger charge is -2.36. The summed E-state index contributed by atoms with van der Waals surface area (Å²) in [7, 11) is -3.43.